The molecule has 1 N–H and O–H groups in total. The third-order valence-corrected chi connectivity index (χ3v) is 3.24. The lowest BCUT2D eigenvalue weighted by atomic mass is 10.1. The van der Waals surface area contributed by atoms with Crippen LogP contribution < -0.4 is 10.1 Å². The van der Waals surface area contributed by atoms with Crippen LogP contribution in [0.15, 0.2) is 48.5 Å². The zero-order chi connectivity index (χ0) is 15.9. The van der Waals surface area contributed by atoms with Gasteiger partial charge >= 0.3 is 0 Å². The summed E-state index contributed by atoms with van der Waals surface area (Å²) in [5.41, 5.74) is 1.37. The molecular weight excluding hydrogens is 302 g/mol. The minimum absolute atomic E-state index is 0.102. The molecule has 0 heterocycles. The lowest BCUT2D eigenvalue weighted by Gasteiger charge is -2.10. The maximum Gasteiger partial charge on any atom is 0.258 e. The quantitative estimate of drug-likeness (QED) is 0.832. The van der Waals surface area contributed by atoms with Crippen LogP contribution in [0, 0.1) is 0 Å². The first-order valence-electron chi connectivity index (χ1n) is 6.80. The van der Waals surface area contributed by atoms with E-state index in [1.54, 1.807) is 36.4 Å². The second kappa shape index (κ2) is 7.61. The molecule has 114 valence electrons. The first-order chi connectivity index (χ1) is 10.6. The second-order valence-electron chi connectivity index (χ2n) is 4.75. The molecule has 2 aromatic carbocycles. The van der Waals surface area contributed by atoms with E-state index in [1.807, 2.05) is 12.1 Å². The first kappa shape index (κ1) is 16.0. The molecule has 0 atom stereocenters. The van der Waals surface area contributed by atoms with Crippen molar-refractivity contribution in [1.29, 1.82) is 0 Å². The van der Waals surface area contributed by atoms with Crippen molar-refractivity contribution in [2.24, 2.45) is 0 Å². The van der Waals surface area contributed by atoms with Crippen molar-refractivity contribution in [3.8, 4) is 5.75 Å². The number of hydrogen-bond donors (Lipinski definition) is 1. The van der Waals surface area contributed by atoms with Gasteiger partial charge in [0.2, 0.25) is 0 Å². The van der Waals surface area contributed by atoms with E-state index in [-0.39, 0.29) is 18.3 Å². The molecule has 0 fully saturated rings. The number of para-hydroxylation sites is 1. The highest BCUT2D eigenvalue weighted by atomic mass is 35.5. The van der Waals surface area contributed by atoms with Crippen LogP contribution >= 0.6 is 11.6 Å². The largest absolute Gasteiger partial charge is 0.483 e. The Morgan fingerprint density at radius 2 is 1.91 bits per heavy atom. The van der Waals surface area contributed by atoms with E-state index in [4.69, 9.17) is 16.3 Å². The normalized spacial score (nSPS) is 10.1. The topological polar surface area (TPSA) is 55.4 Å². The number of benzene rings is 2. The molecule has 5 heteroatoms. The number of ketones is 1. The maximum atomic E-state index is 11.8. The molecule has 0 saturated heterocycles. The van der Waals surface area contributed by atoms with Crippen LogP contribution in [0.1, 0.15) is 22.8 Å². The number of carbonyl (C=O) groups is 2. The van der Waals surface area contributed by atoms with Gasteiger partial charge in [0, 0.05) is 11.6 Å². The van der Waals surface area contributed by atoms with Crippen LogP contribution in [-0.4, -0.2) is 18.3 Å². The number of halogens is 1. The van der Waals surface area contributed by atoms with Gasteiger partial charge in [-0.05, 0) is 36.8 Å². The van der Waals surface area contributed by atoms with E-state index < -0.39 is 0 Å². The van der Waals surface area contributed by atoms with Gasteiger partial charge in [0.1, 0.15) is 5.75 Å². The molecular formula is C17H16ClNO3. The summed E-state index contributed by atoms with van der Waals surface area (Å²) in [7, 11) is 0. The maximum absolute atomic E-state index is 11.8. The minimum atomic E-state index is -0.265. The molecule has 0 aliphatic heterocycles. The molecule has 0 bridgehead atoms. The van der Waals surface area contributed by atoms with E-state index >= 15 is 0 Å². The highest BCUT2D eigenvalue weighted by Gasteiger charge is 2.09. The number of hydrogen-bond acceptors (Lipinski definition) is 3. The van der Waals surface area contributed by atoms with Gasteiger partial charge in [-0.15, -0.1) is 0 Å². The van der Waals surface area contributed by atoms with Crippen molar-refractivity contribution >= 4 is 23.3 Å². The van der Waals surface area contributed by atoms with Crippen LogP contribution in [0.5, 0.6) is 5.75 Å². The van der Waals surface area contributed by atoms with Gasteiger partial charge < -0.3 is 10.1 Å². The summed E-state index contributed by atoms with van der Waals surface area (Å²) in [4.78, 5) is 23.3. The van der Waals surface area contributed by atoms with Crippen LogP contribution in [0.4, 0.5) is 0 Å². The fourth-order valence-electron chi connectivity index (χ4n) is 1.93. The summed E-state index contributed by atoms with van der Waals surface area (Å²) in [6, 6.07) is 14.1. The van der Waals surface area contributed by atoms with Crippen LogP contribution in [-0.2, 0) is 11.3 Å². The fraction of sp³-hybridized carbons (Fsp3) is 0.176. The summed E-state index contributed by atoms with van der Waals surface area (Å²) < 4.78 is 5.41. The predicted octanol–water partition coefficient (Wildman–Crippen LogP) is 3.24. The van der Waals surface area contributed by atoms with Gasteiger partial charge in [-0.25, -0.2) is 0 Å². The Balaban J connectivity index is 1.87. The Kier molecular flexibility index (Phi) is 5.55. The molecule has 22 heavy (non-hydrogen) atoms. The molecule has 0 aromatic heterocycles. The smallest absolute Gasteiger partial charge is 0.258 e. The molecule has 0 spiro atoms. The van der Waals surface area contributed by atoms with E-state index in [9.17, 15) is 9.59 Å². The number of ether oxygens (including phenoxy) is 1. The van der Waals surface area contributed by atoms with E-state index in [2.05, 4.69) is 5.32 Å². The highest BCUT2D eigenvalue weighted by Crippen LogP contribution is 2.18. The van der Waals surface area contributed by atoms with Crippen LogP contribution in [0.3, 0.4) is 0 Å². The Morgan fingerprint density at radius 3 is 2.64 bits per heavy atom. The van der Waals surface area contributed by atoms with Gasteiger partial charge in [0.05, 0.1) is 5.56 Å². The zero-order valence-corrected chi connectivity index (χ0v) is 12.9. The molecule has 0 aliphatic rings. The van der Waals surface area contributed by atoms with E-state index in [1.165, 1.54) is 6.92 Å². The summed E-state index contributed by atoms with van der Waals surface area (Å²) >= 11 is 5.88. The average molecular weight is 318 g/mol. The predicted molar refractivity (Wildman–Crippen MR) is 85.2 cm³/mol. The van der Waals surface area contributed by atoms with Crippen molar-refractivity contribution in [3.63, 3.8) is 0 Å². The van der Waals surface area contributed by atoms with Gasteiger partial charge in [0.25, 0.3) is 5.91 Å². The molecule has 0 radical (unpaired) electrons. The molecule has 2 aromatic rings. The molecule has 0 unspecified atom stereocenters. The summed E-state index contributed by atoms with van der Waals surface area (Å²) in [6.07, 6.45) is 0. The van der Waals surface area contributed by atoms with Gasteiger partial charge in [-0.2, -0.15) is 0 Å². The molecule has 4 nitrogen and oxygen atoms in total. The SMILES string of the molecule is CC(=O)c1ccccc1OCC(=O)NCc1cccc(Cl)c1. The van der Waals surface area contributed by atoms with Gasteiger partial charge in [-0.1, -0.05) is 35.9 Å². The third-order valence-electron chi connectivity index (χ3n) is 3.00. The lowest BCUT2D eigenvalue weighted by molar-refractivity contribution is -0.123. The van der Waals surface area contributed by atoms with Gasteiger partial charge in [0.15, 0.2) is 12.4 Å². The highest BCUT2D eigenvalue weighted by molar-refractivity contribution is 6.30. The third kappa shape index (κ3) is 4.60. The number of amides is 1. The summed E-state index contributed by atoms with van der Waals surface area (Å²) in [5.74, 6) is 0.0428. The molecule has 2 rings (SSSR count). The Morgan fingerprint density at radius 1 is 1.14 bits per heavy atom. The zero-order valence-electron chi connectivity index (χ0n) is 12.1. The average Bonchev–Trinajstić information content (AvgIpc) is 2.51. The fourth-order valence-corrected chi connectivity index (χ4v) is 2.14. The second-order valence-corrected chi connectivity index (χ2v) is 5.18. The molecule has 1 amide bonds. The number of Topliss-reactive ketones (excluding diaryl/α,β-unsaturated/α-hetero) is 1. The van der Waals surface area contributed by atoms with Crippen molar-refractivity contribution in [2.45, 2.75) is 13.5 Å². The Hall–Kier alpha value is -2.33. The first-order valence-corrected chi connectivity index (χ1v) is 7.18. The van der Waals surface area contributed by atoms with Crippen LogP contribution in [0.2, 0.25) is 5.02 Å². The Bertz CT molecular complexity index is 685. The molecule has 0 saturated carbocycles. The summed E-state index contributed by atoms with van der Waals surface area (Å²) in [5, 5.41) is 3.36. The lowest BCUT2D eigenvalue weighted by Crippen LogP contribution is -2.28. The monoisotopic (exact) mass is 317 g/mol. The van der Waals surface area contributed by atoms with Crippen molar-refractivity contribution in [3.05, 3.63) is 64.7 Å². The number of nitrogens with one attached hydrogen (secondary N) is 1. The summed E-state index contributed by atoms with van der Waals surface area (Å²) in [6.45, 7) is 1.68. The Labute approximate surface area is 134 Å². The standard InChI is InChI=1S/C17H16ClNO3/c1-12(20)15-7-2-3-8-16(15)22-11-17(21)19-10-13-5-4-6-14(18)9-13/h2-9H,10-11H2,1H3,(H,19,21). The minimum Gasteiger partial charge on any atom is -0.483 e. The van der Waals surface area contributed by atoms with Crippen molar-refractivity contribution < 1.29 is 14.3 Å². The molecule has 0 aliphatic carbocycles. The van der Waals surface area contributed by atoms with Crippen molar-refractivity contribution in [2.75, 3.05) is 6.61 Å². The van der Waals surface area contributed by atoms with Crippen molar-refractivity contribution in [1.82, 2.24) is 5.32 Å². The number of carbonyl (C=O) groups excluding carboxylic acids is 2. The van der Waals surface area contributed by atoms with E-state index in [0.29, 0.717) is 22.9 Å². The van der Waals surface area contributed by atoms with E-state index in [0.717, 1.165) is 5.56 Å². The number of rotatable bonds is 6. The van der Waals surface area contributed by atoms with Crippen LogP contribution in [0.25, 0.3) is 0 Å². The van der Waals surface area contributed by atoms with Gasteiger partial charge in [-0.3, -0.25) is 9.59 Å².